The van der Waals surface area contributed by atoms with E-state index >= 15 is 0 Å². The van der Waals surface area contributed by atoms with Crippen LogP contribution in [0.4, 0.5) is 0 Å². The van der Waals surface area contributed by atoms with E-state index in [1.165, 1.54) is 0 Å². The lowest BCUT2D eigenvalue weighted by molar-refractivity contribution is 0.453. The summed E-state index contributed by atoms with van der Waals surface area (Å²) in [5.41, 5.74) is 0.964. The van der Waals surface area contributed by atoms with Gasteiger partial charge >= 0.3 is 0 Å². The lowest BCUT2D eigenvalue weighted by atomic mass is 9.84. The maximum absolute atomic E-state index is 9.25. The fraction of sp³-hybridized carbons (Fsp3) is 0.462. The van der Waals surface area contributed by atoms with Crippen LogP contribution in [-0.4, -0.2) is 0 Å². The minimum absolute atomic E-state index is 0.0928. The number of rotatable bonds is 4. The van der Waals surface area contributed by atoms with Gasteiger partial charge in [-0.05, 0) is 23.6 Å². The minimum atomic E-state index is -0.0928. The number of hydrogen-bond acceptors (Lipinski definition) is 1. The molecule has 0 spiro atoms. The summed E-state index contributed by atoms with van der Waals surface area (Å²) < 4.78 is 0. The Bertz CT molecular complexity index is 391. The maximum Gasteiger partial charge on any atom is 0.0741 e. The predicted molar refractivity (Wildman–Crippen MR) is 68.9 cm³/mol. The van der Waals surface area contributed by atoms with E-state index in [2.05, 4.69) is 19.9 Å². The average Bonchev–Trinajstić information content (AvgIpc) is 2.29. The Morgan fingerprint density at radius 1 is 1.19 bits per heavy atom. The first-order valence-corrected chi connectivity index (χ1v) is 6.24. The average molecular weight is 256 g/mol. The first-order valence-electron chi connectivity index (χ1n) is 5.48. The summed E-state index contributed by atoms with van der Waals surface area (Å²) in [5.74, 6) is 0.284. The summed E-state index contributed by atoms with van der Waals surface area (Å²) >= 11 is 11.8. The van der Waals surface area contributed by atoms with Gasteiger partial charge in [0, 0.05) is 0 Å². The molecule has 86 valence electrons. The van der Waals surface area contributed by atoms with Gasteiger partial charge in [-0.25, -0.2) is 0 Å². The van der Waals surface area contributed by atoms with E-state index in [-0.39, 0.29) is 5.92 Å². The van der Waals surface area contributed by atoms with Crippen molar-refractivity contribution in [3.8, 4) is 6.07 Å². The third-order valence-corrected chi connectivity index (χ3v) is 3.70. The van der Waals surface area contributed by atoms with Gasteiger partial charge in [-0.2, -0.15) is 5.26 Å². The van der Waals surface area contributed by atoms with Gasteiger partial charge in [0.2, 0.25) is 0 Å². The van der Waals surface area contributed by atoms with E-state index in [0.717, 1.165) is 18.4 Å². The lowest BCUT2D eigenvalue weighted by Crippen LogP contribution is -2.09. The smallest absolute Gasteiger partial charge is 0.0741 e. The fourth-order valence-electron chi connectivity index (χ4n) is 1.92. The van der Waals surface area contributed by atoms with Gasteiger partial charge in [-0.1, -0.05) is 56.0 Å². The van der Waals surface area contributed by atoms with Gasteiger partial charge in [0.05, 0.1) is 22.0 Å². The summed E-state index contributed by atoms with van der Waals surface area (Å²) in [6, 6.07) is 7.81. The quantitative estimate of drug-likeness (QED) is 0.740. The zero-order valence-electron chi connectivity index (χ0n) is 9.50. The second-order valence-corrected chi connectivity index (χ2v) is 4.67. The van der Waals surface area contributed by atoms with Crippen LogP contribution < -0.4 is 0 Å². The van der Waals surface area contributed by atoms with Crippen molar-refractivity contribution in [2.45, 2.75) is 32.6 Å². The fourth-order valence-corrected chi connectivity index (χ4v) is 2.22. The lowest BCUT2D eigenvalue weighted by Gasteiger charge is -2.19. The number of nitriles is 1. The summed E-state index contributed by atoms with van der Waals surface area (Å²) in [4.78, 5) is 0. The van der Waals surface area contributed by atoms with Crippen LogP contribution in [0.25, 0.3) is 0 Å². The molecule has 0 aliphatic heterocycles. The second kappa shape index (κ2) is 6.13. The largest absolute Gasteiger partial charge is 0.198 e. The van der Waals surface area contributed by atoms with Crippen LogP contribution in [-0.2, 0) is 0 Å². The zero-order chi connectivity index (χ0) is 12.1. The van der Waals surface area contributed by atoms with Crippen molar-refractivity contribution in [2.24, 2.45) is 5.92 Å². The molecular formula is C13H15Cl2N. The van der Waals surface area contributed by atoms with Gasteiger partial charge in [0.25, 0.3) is 0 Å². The number of nitrogens with zero attached hydrogens (tertiary/aromatic N) is 1. The first kappa shape index (κ1) is 13.4. The Balaban J connectivity index is 3.05. The van der Waals surface area contributed by atoms with E-state index in [4.69, 9.17) is 23.2 Å². The van der Waals surface area contributed by atoms with Crippen molar-refractivity contribution in [3.63, 3.8) is 0 Å². The van der Waals surface area contributed by atoms with Crippen LogP contribution in [0.1, 0.15) is 38.2 Å². The van der Waals surface area contributed by atoms with Crippen LogP contribution >= 0.6 is 23.2 Å². The molecule has 0 aromatic heterocycles. The van der Waals surface area contributed by atoms with Crippen LogP contribution in [0.3, 0.4) is 0 Å². The van der Waals surface area contributed by atoms with Gasteiger partial charge < -0.3 is 0 Å². The maximum atomic E-state index is 9.25. The van der Waals surface area contributed by atoms with Gasteiger partial charge in [0.1, 0.15) is 0 Å². The highest BCUT2D eigenvalue weighted by Crippen LogP contribution is 2.32. The Hall–Kier alpha value is -0.710. The van der Waals surface area contributed by atoms with Crippen molar-refractivity contribution in [2.75, 3.05) is 0 Å². The Morgan fingerprint density at radius 3 is 2.25 bits per heavy atom. The van der Waals surface area contributed by atoms with Crippen molar-refractivity contribution >= 4 is 23.2 Å². The molecule has 1 unspecified atom stereocenters. The number of hydrogen-bond donors (Lipinski definition) is 0. The van der Waals surface area contributed by atoms with Crippen LogP contribution in [0.5, 0.6) is 0 Å². The molecular weight excluding hydrogens is 241 g/mol. The van der Waals surface area contributed by atoms with E-state index in [9.17, 15) is 5.26 Å². The first-order chi connectivity index (χ1) is 7.63. The summed E-state index contributed by atoms with van der Waals surface area (Å²) in [6.07, 6.45) is 1.99. The van der Waals surface area contributed by atoms with Crippen molar-refractivity contribution in [3.05, 3.63) is 33.8 Å². The minimum Gasteiger partial charge on any atom is -0.198 e. The van der Waals surface area contributed by atoms with Gasteiger partial charge in [-0.3, -0.25) is 0 Å². The normalized spacial score (nSPS) is 12.5. The molecule has 1 nitrogen and oxygen atoms in total. The topological polar surface area (TPSA) is 23.8 Å². The standard InChI is InChI=1S/C13H15Cl2N/c1-3-9(4-2)11(8-16)10-5-6-12(14)13(15)7-10/h5-7,9,11H,3-4H2,1-2H3. The van der Waals surface area contributed by atoms with E-state index in [1.54, 1.807) is 12.1 Å². The van der Waals surface area contributed by atoms with E-state index < -0.39 is 0 Å². The molecule has 0 aliphatic rings. The molecule has 0 heterocycles. The highest BCUT2D eigenvalue weighted by molar-refractivity contribution is 6.42. The van der Waals surface area contributed by atoms with Crippen LogP contribution in [0.15, 0.2) is 18.2 Å². The molecule has 0 saturated heterocycles. The van der Waals surface area contributed by atoms with Crippen LogP contribution in [0.2, 0.25) is 10.0 Å². The molecule has 0 aliphatic carbocycles. The molecule has 0 N–H and O–H groups in total. The molecule has 3 heteroatoms. The SMILES string of the molecule is CCC(CC)C(C#N)c1ccc(Cl)c(Cl)c1. The van der Waals surface area contributed by atoms with Gasteiger partial charge in [-0.15, -0.1) is 0 Å². The molecule has 1 aromatic carbocycles. The zero-order valence-corrected chi connectivity index (χ0v) is 11.0. The van der Waals surface area contributed by atoms with Crippen molar-refractivity contribution < 1.29 is 0 Å². The highest BCUT2D eigenvalue weighted by Gasteiger charge is 2.20. The molecule has 0 radical (unpaired) electrons. The number of benzene rings is 1. The molecule has 1 rings (SSSR count). The Morgan fingerprint density at radius 2 is 1.81 bits per heavy atom. The van der Waals surface area contributed by atoms with Crippen molar-refractivity contribution in [1.82, 2.24) is 0 Å². The number of halogens is 2. The Kier molecular flexibility index (Phi) is 5.12. The highest BCUT2D eigenvalue weighted by atomic mass is 35.5. The molecule has 1 atom stereocenters. The molecule has 1 aromatic rings. The summed E-state index contributed by atoms with van der Waals surface area (Å²) in [6.45, 7) is 4.21. The third-order valence-electron chi connectivity index (χ3n) is 2.96. The summed E-state index contributed by atoms with van der Waals surface area (Å²) in [5, 5.41) is 10.3. The molecule has 0 saturated carbocycles. The van der Waals surface area contributed by atoms with E-state index in [0.29, 0.717) is 16.0 Å². The molecule has 16 heavy (non-hydrogen) atoms. The van der Waals surface area contributed by atoms with E-state index in [1.807, 2.05) is 6.07 Å². The van der Waals surface area contributed by atoms with Crippen LogP contribution in [0, 0.1) is 17.2 Å². The molecule has 0 fully saturated rings. The van der Waals surface area contributed by atoms with Crippen molar-refractivity contribution in [1.29, 1.82) is 5.26 Å². The Labute approximate surface area is 107 Å². The molecule has 0 bridgehead atoms. The second-order valence-electron chi connectivity index (χ2n) is 3.86. The predicted octanol–water partition coefficient (Wildman–Crippen LogP) is 5.04. The molecule has 0 amide bonds. The monoisotopic (exact) mass is 255 g/mol. The summed E-state index contributed by atoms with van der Waals surface area (Å²) in [7, 11) is 0. The van der Waals surface area contributed by atoms with Gasteiger partial charge in [0.15, 0.2) is 0 Å². The third kappa shape index (κ3) is 2.90.